The maximum absolute atomic E-state index is 12.8. The molecule has 0 saturated heterocycles. The topological polar surface area (TPSA) is 79.1 Å². The molecule has 1 aromatic heterocycles. The average molecular weight is 426 g/mol. The van der Waals surface area contributed by atoms with Crippen LogP contribution in [0.5, 0.6) is 5.75 Å². The molecule has 0 radical (unpaired) electrons. The average Bonchev–Trinajstić information content (AvgIpc) is 3.17. The number of aliphatic imine (C=N–C) groups is 2. The Labute approximate surface area is 198 Å². The third kappa shape index (κ3) is 7.35. The molecule has 2 atom stereocenters. The number of rotatable bonds is 9. The fraction of sp³-hybridized carbons (Fsp3) is 0.476. The van der Waals surface area contributed by atoms with E-state index in [1.807, 2.05) is 13.0 Å². The van der Waals surface area contributed by atoms with Gasteiger partial charge in [0.25, 0.3) is 0 Å². The summed E-state index contributed by atoms with van der Waals surface area (Å²) < 4.78 is 23.6. The zero-order valence-electron chi connectivity index (χ0n) is 16.5. The van der Waals surface area contributed by atoms with E-state index in [9.17, 15) is 4.55 Å². The first-order valence-corrected chi connectivity index (χ1v) is 10.9. The summed E-state index contributed by atoms with van der Waals surface area (Å²) in [5.41, 5.74) is 2.68. The molecule has 0 saturated carbocycles. The number of methoxy groups -OCH3 is 1. The number of allylic oxidation sites excluding steroid dienone is 4. The molecule has 0 amide bonds. The molecule has 0 spiro atoms. The summed E-state index contributed by atoms with van der Waals surface area (Å²) in [5, 5.41) is 0.429. The van der Waals surface area contributed by atoms with Crippen molar-refractivity contribution in [3.05, 3.63) is 47.8 Å². The van der Waals surface area contributed by atoms with Crippen molar-refractivity contribution in [2.45, 2.75) is 31.9 Å². The molecule has 2 aliphatic rings. The molecule has 2 heterocycles. The quantitative estimate of drug-likeness (QED) is 0.346. The number of aromatic nitrogens is 1. The van der Waals surface area contributed by atoms with Crippen LogP contribution in [0, 0.1) is 12.8 Å². The van der Waals surface area contributed by atoms with Gasteiger partial charge in [0.2, 0.25) is 0 Å². The Balaban J connectivity index is 0.00000300. The van der Waals surface area contributed by atoms with E-state index < -0.39 is 11.2 Å². The van der Waals surface area contributed by atoms with Crippen LogP contribution >= 0.6 is 0 Å². The van der Waals surface area contributed by atoms with Gasteiger partial charge in [-0.25, -0.2) is 4.99 Å². The molecule has 29 heavy (non-hydrogen) atoms. The van der Waals surface area contributed by atoms with Crippen molar-refractivity contribution in [1.82, 2.24) is 4.98 Å². The van der Waals surface area contributed by atoms with Gasteiger partial charge in [-0.05, 0) is 31.7 Å². The molecule has 1 aliphatic carbocycles. The first-order valence-electron chi connectivity index (χ1n) is 9.56. The summed E-state index contributed by atoms with van der Waals surface area (Å²) in [5.74, 6) is 1.53. The summed E-state index contributed by atoms with van der Waals surface area (Å²) >= 11 is -1.31. The summed E-state index contributed by atoms with van der Waals surface area (Å²) in [6.45, 7) is 3.73. The minimum atomic E-state index is -1.31. The van der Waals surface area contributed by atoms with Crippen LogP contribution in [0.4, 0.5) is 0 Å². The predicted molar refractivity (Wildman–Crippen MR) is 121 cm³/mol. The molecule has 1 aliphatic heterocycles. The van der Waals surface area contributed by atoms with Gasteiger partial charge in [-0.1, -0.05) is 24.3 Å². The van der Waals surface area contributed by atoms with Crippen LogP contribution < -0.4 is 4.74 Å². The second-order valence-electron chi connectivity index (χ2n) is 6.86. The van der Waals surface area contributed by atoms with Gasteiger partial charge in [-0.3, -0.25) is 4.98 Å². The molecule has 152 valence electrons. The Morgan fingerprint density at radius 1 is 1.28 bits per heavy atom. The monoisotopic (exact) mass is 425 g/mol. The molecule has 6 nitrogen and oxygen atoms in total. The fourth-order valence-electron chi connectivity index (χ4n) is 3.12. The third-order valence-electron chi connectivity index (χ3n) is 4.70. The Morgan fingerprint density at radius 3 is 2.90 bits per heavy atom. The van der Waals surface area contributed by atoms with Crippen molar-refractivity contribution in [1.29, 1.82) is 0 Å². The number of ether oxygens (including phenoxy) is 2. The van der Waals surface area contributed by atoms with Gasteiger partial charge in [0.05, 0.1) is 18.8 Å². The SMILES string of the molecule is COCCCOc1ccnc(C[S+]([O-])C2=NCC(CC3C=CC=CC3)=N2)c1C.[NaH]. The third-order valence-corrected chi connectivity index (χ3v) is 5.86. The second-order valence-corrected chi connectivity index (χ2v) is 8.20. The number of hydrogen-bond acceptors (Lipinski definition) is 6. The Morgan fingerprint density at radius 2 is 2.14 bits per heavy atom. The molecule has 0 aromatic carbocycles. The van der Waals surface area contributed by atoms with Gasteiger partial charge in [-0.15, -0.1) is 0 Å². The fourth-order valence-corrected chi connectivity index (χ4v) is 4.23. The zero-order chi connectivity index (χ0) is 19.8. The molecule has 1 aromatic rings. The van der Waals surface area contributed by atoms with Crippen LogP contribution in [-0.4, -0.2) is 76.8 Å². The number of nitrogens with zero attached hydrogens (tertiary/aromatic N) is 3. The summed E-state index contributed by atoms with van der Waals surface area (Å²) in [6.07, 6.45) is 12.9. The van der Waals surface area contributed by atoms with E-state index in [0.717, 1.165) is 42.0 Å². The normalized spacial score (nSPS) is 18.8. The van der Waals surface area contributed by atoms with Crippen molar-refractivity contribution in [3.8, 4) is 5.75 Å². The number of hydrogen-bond donors (Lipinski definition) is 0. The molecule has 0 fully saturated rings. The van der Waals surface area contributed by atoms with Crippen LogP contribution in [0.2, 0.25) is 0 Å². The van der Waals surface area contributed by atoms with Gasteiger partial charge >= 0.3 is 34.7 Å². The van der Waals surface area contributed by atoms with Gasteiger partial charge < -0.3 is 14.0 Å². The van der Waals surface area contributed by atoms with Crippen LogP contribution in [0.1, 0.15) is 30.5 Å². The van der Waals surface area contributed by atoms with Crippen molar-refractivity contribution in [2.24, 2.45) is 15.9 Å². The zero-order valence-corrected chi connectivity index (χ0v) is 17.3. The molecule has 0 bridgehead atoms. The first kappa shape index (κ1) is 24.3. The van der Waals surface area contributed by atoms with Crippen LogP contribution in [0.25, 0.3) is 0 Å². The van der Waals surface area contributed by atoms with Crippen molar-refractivity contribution in [3.63, 3.8) is 0 Å². The van der Waals surface area contributed by atoms with E-state index >= 15 is 0 Å². The number of amidine groups is 1. The summed E-state index contributed by atoms with van der Waals surface area (Å²) in [4.78, 5) is 13.3. The summed E-state index contributed by atoms with van der Waals surface area (Å²) in [6, 6.07) is 1.84. The molecule has 3 rings (SSSR count). The molecule has 0 N–H and O–H groups in total. The van der Waals surface area contributed by atoms with E-state index in [2.05, 4.69) is 39.3 Å². The van der Waals surface area contributed by atoms with Crippen LogP contribution in [-0.2, 0) is 21.7 Å². The summed E-state index contributed by atoms with van der Waals surface area (Å²) in [7, 11) is 1.67. The van der Waals surface area contributed by atoms with Gasteiger partial charge in [-0.2, -0.15) is 4.99 Å². The van der Waals surface area contributed by atoms with E-state index in [1.54, 1.807) is 13.3 Å². The molecule has 8 heteroatoms. The predicted octanol–water partition coefficient (Wildman–Crippen LogP) is 2.74. The molecular formula is C21H28N3NaO3S. The van der Waals surface area contributed by atoms with Gasteiger partial charge in [0, 0.05) is 48.8 Å². The Hall–Kier alpha value is -0.960. The Kier molecular flexibility index (Phi) is 10.6. The number of pyridine rings is 1. The van der Waals surface area contributed by atoms with Gasteiger partial charge in [0.15, 0.2) is 5.75 Å². The van der Waals surface area contributed by atoms with E-state index in [1.165, 1.54) is 0 Å². The van der Waals surface area contributed by atoms with Crippen molar-refractivity contribution in [2.75, 3.05) is 26.9 Å². The van der Waals surface area contributed by atoms with E-state index in [4.69, 9.17) is 9.47 Å². The van der Waals surface area contributed by atoms with Crippen LogP contribution in [0.15, 0.2) is 46.6 Å². The van der Waals surface area contributed by atoms with Crippen molar-refractivity contribution >= 4 is 51.6 Å². The van der Waals surface area contributed by atoms with Crippen molar-refractivity contribution < 1.29 is 14.0 Å². The van der Waals surface area contributed by atoms with Crippen LogP contribution in [0.3, 0.4) is 0 Å². The second kappa shape index (κ2) is 12.7. The minimum absolute atomic E-state index is 0. The standard InChI is InChI=1S/C21H27N3O3S.Na.H/c1-16-19(22-10-9-20(16)27-12-6-11-26-2)15-28(25)21-23-14-18(24-21)13-17-7-4-3-5-8-17;;/h3-5,7,9-10,17H,6,8,11-15H2,1-2H3;;. The maximum atomic E-state index is 12.8. The Bertz CT molecular complexity index is 795. The molecular weight excluding hydrogens is 397 g/mol. The van der Waals surface area contributed by atoms with E-state index in [0.29, 0.717) is 36.6 Å². The molecule has 2 unspecified atom stereocenters. The first-order chi connectivity index (χ1) is 13.7. The van der Waals surface area contributed by atoms with Gasteiger partial charge in [0.1, 0.15) is 5.75 Å². The van der Waals surface area contributed by atoms with E-state index in [-0.39, 0.29) is 29.6 Å².